The molecule has 1 aromatic carbocycles. The number of methoxy groups -OCH3 is 2. The monoisotopic (exact) mass is 323 g/mol. The zero-order valence-electron chi connectivity index (χ0n) is 13.4. The molecule has 0 aliphatic heterocycles. The molecule has 0 amide bonds. The number of benzene rings is 1. The second-order valence-corrected chi connectivity index (χ2v) is 4.98. The number of nitrogens with two attached hydrogens (primary N) is 1. The van der Waals surface area contributed by atoms with Crippen LogP contribution >= 0.6 is 0 Å². The minimum Gasteiger partial charge on any atom is -0.496 e. The van der Waals surface area contributed by atoms with Crippen LogP contribution in [0.5, 0.6) is 23.1 Å². The van der Waals surface area contributed by atoms with E-state index in [1.54, 1.807) is 50.9 Å². The fourth-order valence-electron chi connectivity index (χ4n) is 2.26. The maximum atomic E-state index is 5.96. The van der Waals surface area contributed by atoms with Gasteiger partial charge in [-0.3, -0.25) is 0 Å². The summed E-state index contributed by atoms with van der Waals surface area (Å²) in [5.41, 5.74) is 7.46. The van der Waals surface area contributed by atoms with Crippen molar-refractivity contribution in [1.29, 1.82) is 0 Å². The smallest absolute Gasteiger partial charge is 0.227 e. The largest absolute Gasteiger partial charge is 0.496 e. The Morgan fingerprint density at radius 1 is 0.833 bits per heavy atom. The van der Waals surface area contributed by atoms with Gasteiger partial charge in [0.2, 0.25) is 5.88 Å². The Morgan fingerprint density at radius 3 is 2.21 bits per heavy atom. The minimum absolute atomic E-state index is 0.436. The van der Waals surface area contributed by atoms with Gasteiger partial charge in [0.15, 0.2) is 0 Å². The van der Waals surface area contributed by atoms with Gasteiger partial charge in [-0.15, -0.1) is 0 Å². The Balaban J connectivity index is 2.00. The van der Waals surface area contributed by atoms with Crippen LogP contribution in [0.2, 0.25) is 0 Å². The number of hydrogen-bond donors (Lipinski definition) is 1. The third-order valence-corrected chi connectivity index (χ3v) is 3.40. The second-order valence-electron chi connectivity index (χ2n) is 4.98. The predicted octanol–water partition coefficient (Wildman–Crippen LogP) is 3.54. The molecule has 0 saturated carbocycles. The van der Waals surface area contributed by atoms with Gasteiger partial charge in [-0.1, -0.05) is 0 Å². The van der Waals surface area contributed by atoms with Gasteiger partial charge in [-0.25, -0.2) is 9.97 Å². The summed E-state index contributed by atoms with van der Waals surface area (Å²) >= 11 is 0. The van der Waals surface area contributed by atoms with E-state index in [2.05, 4.69) is 9.97 Å². The number of anilines is 1. The molecule has 0 saturated heterocycles. The Labute approximate surface area is 139 Å². The molecule has 0 aliphatic rings. The van der Waals surface area contributed by atoms with Crippen molar-refractivity contribution in [3.8, 4) is 34.3 Å². The molecule has 0 aliphatic carbocycles. The van der Waals surface area contributed by atoms with Crippen LogP contribution < -0.4 is 19.9 Å². The van der Waals surface area contributed by atoms with E-state index in [1.165, 1.54) is 0 Å². The minimum atomic E-state index is 0.436. The summed E-state index contributed by atoms with van der Waals surface area (Å²) in [6.07, 6.45) is 3.32. The Morgan fingerprint density at radius 2 is 1.54 bits per heavy atom. The molecule has 3 aromatic rings. The number of aromatic nitrogens is 2. The lowest BCUT2D eigenvalue weighted by molar-refractivity contribution is 0.385. The molecule has 0 bridgehead atoms. The predicted molar refractivity (Wildman–Crippen MR) is 91.5 cm³/mol. The van der Waals surface area contributed by atoms with Crippen LogP contribution in [0, 0.1) is 0 Å². The maximum absolute atomic E-state index is 5.96. The number of nitrogen functional groups attached to an aromatic ring is 1. The highest BCUT2D eigenvalue weighted by atomic mass is 16.5. The van der Waals surface area contributed by atoms with E-state index >= 15 is 0 Å². The summed E-state index contributed by atoms with van der Waals surface area (Å²) in [6.45, 7) is 0. The SMILES string of the molecule is COc1cc(OC)cc(Oc2ncccc2-c2ccnc(N)c2)c1. The average Bonchev–Trinajstić information content (AvgIpc) is 2.61. The highest BCUT2D eigenvalue weighted by Crippen LogP contribution is 2.34. The van der Waals surface area contributed by atoms with Crippen LogP contribution in [-0.2, 0) is 0 Å². The number of pyridine rings is 2. The third-order valence-electron chi connectivity index (χ3n) is 3.40. The van der Waals surface area contributed by atoms with Crippen LogP contribution in [0.1, 0.15) is 0 Å². The van der Waals surface area contributed by atoms with Crippen molar-refractivity contribution in [2.75, 3.05) is 20.0 Å². The third kappa shape index (κ3) is 3.38. The first-order valence-electron chi connectivity index (χ1n) is 7.27. The molecule has 2 N–H and O–H groups in total. The van der Waals surface area contributed by atoms with Crippen molar-refractivity contribution in [3.05, 3.63) is 54.9 Å². The standard InChI is InChI=1S/C18H17N3O3/c1-22-13-9-14(23-2)11-15(10-13)24-18-16(4-3-6-21-18)12-5-7-20-17(19)8-12/h3-11H,1-2H3,(H2,19,20). The summed E-state index contributed by atoms with van der Waals surface area (Å²) in [5, 5.41) is 0. The van der Waals surface area contributed by atoms with Crippen LogP contribution in [0.25, 0.3) is 11.1 Å². The van der Waals surface area contributed by atoms with Gasteiger partial charge in [0.05, 0.1) is 14.2 Å². The Hall–Kier alpha value is -3.28. The fraction of sp³-hybridized carbons (Fsp3) is 0.111. The molecule has 2 aromatic heterocycles. The summed E-state index contributed by atoms with van der Waals surface area (Å²) in [6, 6.07) is 12.7. The molecule has 6 nitrogen and oxygen atoms in total. The van der Waals surface area contributed by atoms with Crippen LogP contribution in [0.4, 0.5) is 5.82 Å². The van der Waals surface area contributed by atoms with Crippen molar-refractivity contribution in [3.63, 3.8) is 0 Å². The lowest BCUT2D eigenvalue weighted by Crippen LogP contribution is -1.95. The van der Waals surface area contributed by atoms with Gasteiger partial charge in [-0.2, -0.15) is 0 Å². The van der Waals surface area contributed by atoms with E-state index < -0.39 is 0 Å². The van der Waals surface area contributed by atoms with Gasteiger partial charge in [-0.05, 0) is 29.8 Å². The van der Waals surface area contributed by atoms with Crippen LogP contribution in [-0.4, -0.2) is 24.2 Å². The molecular weight excluding hydrogens is 306 g/mol. The molecule has 6 heteroatoms. The lowest BCUT2D eigenvalue weighted by Gasteiger charge is -2.12. The lowest BCUT2D eigenvalue weighted by atomic mass is 10.1. The van der Waals surface area contributed by atoms with Crippen molar-refractivity contribution >= 4 is 5.82 Å². The Kier molecular flexibility index (Phi) is 4.47. The molecule has 0 atom stereocenters. The molecule has 3 rings (SSSR count). The van der Waals surface area contributed by atoms with E-state index in [4.69, 9.17) is 19.9 Å². The van der Waals surface area contributed by atoms with Crippen molar-refractivity contribution < 1.29 is 14.2 Å². The molecule has 0 unspecified atom stereocenters. The summed E-state index contributed by atoms with van der Waals surface area (Å²) < 4.78 is 16.5. The van der Waals surface area contributed by atoms with Crippen molar-refractivity contribution in [1.82, 2.24) is 9.97 Å². The fourth-order valence-corrected chi connectivity index (χ4v) is 2.26. The van der Waals surface area contributed by atoms with Crippen molar-refractivity contribution in [2.24, 2.45) is 0 Å². The molecule has 0 fully saturated rings. The van der Waals surface area contributed by atoms with E-state index in [1.807, 2.05) is 18.2 Å². The highest BCUT2D eigenvalue weighted by molar-refractivity contribution is 5.70. The zero-order chi connectivity index (χ0) is 16.9. The normalized spacial score (nSPS) is 10.2. The molecule has 122 valence electrons. The van der Waals surface area contributed by atoms with Gasteiger partial charge in [0, 0.05) is 36.2 Å². The average molecular weight is 323 g/mol. The zero-order valence-corrected chi connectivity index (χ0v) is 13.4. The number of ether oxygens (including phenoxy) is 3. The van der Waals surface area contributed by atoms with E-state index in [0.29, 0.717) is 28.9 Å². The topological polar surface area (TPSA) is 79.5 Å². The molecule has 2 heterocycles. The van der Waals surface area contributed by atoms with Gasteiger partial charge in [0.1, 0.15) is 23.1 Å². The molecule has 0 spiro atoms. The first kappa shape index (κ1) is 15.6. The highest BCUT2D eigenvalue weighted by Gasteiger charge is 2.11. The number of nitrogens with zero attached hydrogens (tertiary/aromatic N) is 2. The number of rotatable bonds is 5. The second kappa shape index (κ2) is 6.87. The van der Waals surface area contributed by atoms with E-state index in [9.17, 15) is 0 Å². The van der Waals surface area contributed by atoms with Crippen LogP contribution in [0.3, 0.4) is 0 Å². The summed E-state index contributed by atoms with van der Waals surface area (Å²) in [7, 11) is 3.18. The van der Waals surface area contributed by atoms with Gasteiger partial charge in [0.25, 0.3) is 0 Å². The van der Waals surface area contributed by atoms with E-state index in [0.717, 1.165) is 11.1 Å². The Bertz CT molecular complexity index is 830. The quantitative estimate of drug-likeness (QED) is 0.773. The van der Waals surface area contributed by atoms with E-state index in [-0.39, 0.29) is 0 Å². The summed E-state index contributed by atoms with van der Waals surface area (Å²) in [4.78, 5) is 8.33. The summed E-state index contributed by atoms with van der Waals surface area (Å²) in [5.74, 6) is 2.72. The molecule has 24 heavy (non-hydrogen) atoms. The number of hydrogen-bond acceptors (Lipinski definition) is 6. The van der Waals surface area contributed by atoms with Crippen molar-refractivity contribution in [2.45, 2.75) is 0 Å². The first-order valence-corrected chi connectivity index (χ1v) is 7.27. The van der Waals surface area contributed by atoms with Crippen LogP contribution in [0.15, 0.2) is 54.9 Å². The molecule has 0 radical (unpaired) electrons. The molecular formula is C18H17N3O3. The maximum Gasteiger partial charge on any atom is 0.227 e. The first-order chi connectivity index (χ1) is 11.7. The van der Waals surface area contributed by atoms with Gasteiger partial charge >= 0.3 is 0 Å². The van der Waals surface area contributed by atoms with Gasteiger partial charge < -0.3 is 19.9 Å².